The number of nitrogens with zero attached hydrogens (tertiary/aromatic N) is 3. The molecule has 2 N–H and O–H groups in total. The number of hydrogen-bond donors (Lipinski definition) is 2. The van der Waals surface area contributed by atoms with E-state index >= 15 is 0 Å². The summed E-state index contributed by atoms with van der Waals surface area (Å²) in [5.41, 5.74) is 2.13. The average Bonchev–Trinajstić information content (AvgIpc) is 3.33. The molecule has 6 nitrogen and oxygen atoms in total. The maximum Gasteiger partial charge on any atom is 0.222 e. The van der Waals surface area contributed by atoms with Crippen molar-refractivity contribution in [2.75, 3.05) is 26.2 Å². The van der Waals surface area contributed by atoms with Crippen LogP contribution in [-0.2, 0) is 11.3 Å². The molecule has 1 fully saturated rings. The monoisotopic (exact) mass is 513 g/mol. The summed E-state index contributed by atoms with van der Waals surface area (Å²) in [6.07, 6.45) is 2.62. The van der Waals surface area contributed by atoms with E-state index in [0.29, 0.717) is 13.0 Å². The number of aliphatic imine (C=N–C) groups is 1. The number of benzene rings is 1. The summed E-state index contributed by atoms with van der Waals surface area (Å²) < 4.78 is 0. The normalized spacial score (nSPS) is 14.1. The molecule has 0 atom stereocenters. The standard InChI is InChI=1S/C20H27N5OS.HI/c1-2-21-20(22-11-7-13-25-12-6-10-19(25)26)23-14-18-24-17(15-27-18)16-8-4-3-5-9-16;/h3-5,8-9,15H,2,6-7,10-14H2,1H3,(H2,21,22,23);1H. The maximum absolute atomic E-state index is 11.6. The Morgan fingerprint density at radius 1 is 1.29 bits per heavy atom. The molecule has 1 aliphatic rings. The summed E-state index contributed by atoms with van der Waals surface area (Å²) in [7, 11) is 0. The first-order valence-electron chi connectivity index (χ1n) is 9.56. The zero-order valence-electron chi connectivity index (χ0n) is 16.2. The first kappa shape index (κ1) is 22.6. The Labute approximate surface area is 187 Å². The van der Waals surface area contributed by atoms with Crippen LogP contribution in [0.2, 0.25) is 0 Å². The van der Waals surface area contributed by atoms with Crippen molar-refractivity contribution in [1.82, 2.24) is 20.5 Å². The van der Waals surface area contributed by atoms with Crippen molar-refractivity contribution in [3.63, 3.8) is 0 Å². The first-order valence-corrected chi connectivity index (χ1v) is 10.4. The van der Waals surface area contributed by atoms with Crippen LogP contribution in [0, 0.1) is 0 Å². The molecule has 3 rings (SSSR count). The lowest BCUT2D eigenvalue weighted by molar-refractivity contribution is -0.127. The molecule has 28 heavy (non-hydrogen) atoms. The van der Waals surface area contributed by atoms with E-state index in [0.717, 1.165) is 61.2 Å². The number of nitrogens with one attached hydrogen (secondary N) is 2. The quantitative estimate of drug-likeness (QED) is 0.246. The number of guanidine groups is 1. The zero-order chi connectivity index (χ0) is 18.9. The fourth-order valence-electron chi connectivity index (χ4n) is 3.03. The highest BCUT2D eigenvalue weighted by Gasteiger charge is 2.18. The molecule has 1 aromatic carbocycles. The van der Waals surface area contributed by atoms with Gasteiger partial charge in [0.15, 0.2) is 5.96 Å². The van der Waals surface area contributed by atoms with E-state index in [1.54, 1.807) is 11.3 Å². The topological polar surface area (TPSA) is 69.6 Å². The van der Waals surface area contributed by atoms with Gasteiger partial charge in [0.2, 0.25) is 5.91 Å². The second-order valence-corrected chi connectivity index (χ2v) is 7.39. The van der Waals surface area contributed by atoms with Gasteiger partial charge in [-0.3, -0.25) is 4.79 Å². The van der Waals surface area contributed by atoms with Crippen LogP contribution in [0.1, 0.15) is 31.2 Å². The molecule has 152 valence electrons. The van der Waals surface area contributed by atoms with E-state index in [1.807, 2.05) is 23.1 Å². The Balaban J connectivity index is 0.00000280. The smallest absolute Gasteiger partial charge is 0.222 e. The number of hydrogen-bond acceptors (Lipinski definition) is 4. The number of likely N-dealkylation sites (tertiary alicyclic amines) is 1. The van der Waals surface area contributed by atoms with E-state index in [4.69, 9.17) is 0 Å². The number of rotatable bonds is 8. The van der Waals surface area contributed by atoms with Crippen molar-refractivity contribution >= 4 is 47.2 Å². The van der Waals surface area contributed by atoms with E-state index in [2.05, 4.69) is 45.0 Å². The van der Waals surface area contributed by atoms with Gasteiger partial charge in [-0.2, -0.15) is 0 Å². The predicted octanol–water partition coefficient (Wildman–Crippen LogP) is 3.50. The van der Waals surface area contributed by atoms with Crippen LogP contribution in [0.3, 0.4) is 0 Å². The number of aromatic nitrogens is 1. The number of amides is 1. The van der Waals surface area contributed by atoms with Gasteiger partial charge in [0, 0.05) is 43.5 Å². The molecule has 0 bridgehead atoms. The lowest BCUT2D eigenvalue weighted by atomic mass is 10.2. The Bertz CT molecular complexity index is 765. The van der Waals surface area contributed by atoms with E-state index in [1.165, 1.54) is 0 Å². The minimum Gasteiger partial charge on any atom is -0.357 e. The predicted molar refractivity (Wildman–Crippen MR) is 126 cm³/mol. The molecule has 1 aromatic heterocycles. The fraction of sp³-hybridized carbons (Fsp3) is 0.450. The minimum atomic E-state index is 0. The average molecular weight is 513 g/mol. The van der Waals surface area contributed by atoms with Gasteiger partial charge in [0.1, 0.15) is 5.01 Å². The Kier molecular flexibility index (Phi) is 9.69. The summed E-state index contributed by atoms with van der Waals surface area (Å²) in [4.78, 5) is 22.9. The molecule has 1 aliphatic heterocycles. The molecule has 0 radical (unpaired) electrons. The third-order valence-electron chi connectivity index (χ3n) is 4.41. The van der Waals surface area contributed by atoms with Crippen LogP contribution < -0.4 is 10.6 Å². The second kappa shape index (κ2) is 12.0. The molecule has 0 spiro atoms. The molecular formula is C20H28IN5OS. The third kappa shape index (κ3) is 6.73. The van der Waals surface area contributed by atoms with Crippen molar-refractivity contribution in [3.8, 4) is 11.3 Å². The molecule has 0 unspecified atom stereocenters. The van der Waals surface area contributed by atoms with Gasteiger partial charge in [0.05, 0.1) is 12.2 Å². The fourth-order valence-corrected chi connectivity index (χ4v) is 3.76. The van der Waals surface area contributed by atoms with Gasteiger partial charge >= 0.3 is 0 Å². The summed E-state index contributed by atoms with van der Waals surface area (Å²) >= 11 is 1.63. The van der Waals surface area contributed by atoms with Crippen LogP contribution in [0.5, 0.6) is 0 Å². The number of carbonyl (C=O) groups excluding carboxylic acids is 1. The Hall–Kier alpha value is -1.68. The largest absolute Gasteiger partial charge is 0.357 e. The molecule has 0 aliphatic carbocycles. The van der Waals surface area contributed by atoms with Crippen molar-refractivity contribution in [1.29, 1.82) is 0 Å². The van der Waals surface area contributed by atoms with Gasteiger partial charge in [-0.05, 0) is 19.8 Å². The van der Waals surface area contributed by atoms with Crippen LogP contribution in [0.25, 0.3) is 11.3 Å². The van der Waals surface area contributed by atoms with Crippen molar-refractivity contribution in [3.05, 3.63) is 40.7 Å². The molecule has 8 heteroatoms. The second-order valence-electron chi connectivity index (χ2n) is 6.45. The molecule has 2 heterocycles. The highest BCUT2D eigenvalue weighted by molar-refractivity contribution is 14.0. The first-order chi connectivity index (χ1) is 13.3. The van der Waals surface area contributed by atoms with Crippen LogP contribution in [0.15, 0.2) is 40.7 Å². The van der Waals surface area contributed by atoms with E-state index < -0.39 is 0 Å². The molecule has 1 amide bonds. The molecule has 0 saturated carbocycles. The van der Waals surface area contributed by atoms with Crippen LogP contribution in [0.4, 0.5) is 0 Å². The van der Waals surface area contributed by atoms with Crippen molar-refractivity contribution in [2.24, 2.45) is 4.99 Å². The SMILES string of the molecule is CCNC(=NCc1nc(-c2ccccc2)cs1)NCCCN1CCCC1=O.I. The van der Waals surface area contributed by atoms with Gasteiger partial charge < -0.3 is 15.5 Å². The van der Waals surface area contributed by atoms with Gasteiger partial charge in [-0.1, -0.05) is 30.3 Å². The zero-order valence-corrected chi connectivity index (χ0v) is 19.3. The molecule has 1 saturated heterocycles. The summed E-state index contributed by atoms with van der Waals surface area (Å²) in [5.74, 6) is 1.08. The van der Waals surface area contributed by atoms with Crippen molar-refractivity contribution in [2.45, 2.75) is 32.7 Å². The highest BCUT2D eigenvalue weighted by Crippen LogP contribution is 2.21. The van der Waals surface area contributed by atoms with Crippen LogP contribution >= 0.6 is 35.3 Å². The Morgan fingerprint density at radius 3 is 2.82 bits per heavy atom. The Morgan fingerprint density at radius 2 is 2.11 bits per heavy atom. The summed E-state index contributed by atoms with van der Waals surface area (Å²) in [6, 6.07) is 10.2. The van der Waals surface area contributed by atoms with Crippen molar-refractivity contribution < 1.29 is 4.79 Å². The molecular weight excluding hydrogens is 485 g/mol. The number of halogens is 1. The highest BCUT2D eigenvalue weighted by atomic mass is 127. The van der Waals surface area contributed by atoms with Gasteiger partial charge in [-0.15, -0.1) is 35.3 Å². The lowest BCUT2D eigenvalue weighted by Crippen LogP contribution is -2.39. The third-order valence-corrected chi connectivity index (χ3v) is 5.24. The number of carbonyl (C=O) groups is 1. The minimum absolute atomic E-state index is 0. The van der Waals surface area contributed by atoms with E-state index in [-0.39, 0.29) is 29.9 Å². The number of thiazole rings is 1. The van der Waals surface area contributed by atoms with Gasteiger partial charge in [-0.25, -0.2) is 9.98 Å². The summed E-state index contributed by atoms with van der Waals surface area (Å²) in [6.45, 7) is 5.93. The van der Waals surface area contributed by atoms with E-state index in [9.17, 15) is 4.79 Å². The lowest BCUT2D eigenvalue weighted by Gasteiger charge is -2.16. The maximum atomic E-state index is 11.6. The molecule has 2 aromatic rings. The van der Waals surface area contributed by atoms with Gasteiger partial charge in [0.25, 0.3) is 0 Å². The summed E-state index contributed by atoms with van der Waals surface area (Å²) in [5, 5.41) is 9.68. The van der Waals surface area contributed by atoms with Crippen LogP contribution in [-0.4, -0.2) is 47.9 Å².